The summed E-state index contributed by atoms with van der Waals surface area (Å²) in [5.41, 5.74) is 1.15. The van der Waals surface area contributed by atoms with E-state index >= 15 is 0 Å². The summed E-state index contributed by atoms with van der Waals surface area (Å²) in [6, 6.07) is 13.8. The third-order valence-electron chi connectivity index (χ3n) is 4.04. The molecule has 0 fully saturated rings. The van der Waals surface area contributed by atoms with Gasteiger partial charge in [0.05, 0.1) is 36.7 Å². The van der Waals surface area contributed by atoms with E-state index in [1.165, 1.54) is 12.3 Å². The Balaban J connectivity index is 1.89. The van der Waals surface area contributed by atoms with E-state index in [4.69, 9.17) is 0 Å². The Kier molecular flexibility index (Phi) is 3.69. The molecular formula is C18H14N4O3S. The number of imidazole rings is 1. The van der Waals surface area contributed by atoms with E-state index in [-0.39, 0.29) is 5.56 Å². The van der Waals surface area contributed by atoms with Gasteiger partial charge in [-0.15, -0.1) is 0 Å². The Morgan fingerprint density at radius 1 is 1.08 bits per heavy atom. The van der Waals surface area contributed by atoms with Crippen molar-refractivity contribution >= 4 is 37.6 Å². The van der Waals surface area contributed by atoms with Crippen LogP contribution in [-0.2, 0) is 9.73 Å². The molecule has 0 spiro atoms. The maximum atomic E-state index is 13.2. The Hall–Kier alpha value is -3.26. The minimum atomic E-state index is -3.04. The van der Waals surface area contributed by atoms with Crippen LogP contribution in [0, 0.1) is 0 Å². The third kappa shape index (κ3) is 2.70. The van der Waals surface area contributed by atoms with Crippen LogP contribution in [0.5, 0.6) is 0 Å². The summed E-state index contributed by atoms with van der Waals surface area (Å²) in [6.45, 7) is 0. The lowest BCUT2D eigenvalue weighted by Crippen LogP contribution is -2.06. The molecule has 130 valence electrons. The number of para-hydroxylation sites is 2. The number of rotatable bonds is 2. The SMILES string of the molecule is CS(=O)(=NC(=O)c1cccc2[nH]c(=O)[nH]c12)c1cccc2cccnc12. The number of pyridine rings is 1. The van der Waals surface area contributed by atoms with Crippen molar-refractivity contribution in [1.29, 1.82) is 0 Å². The summed E-state index contributed by atoms with van der Waals surface area (Å²) in [5.74, 6) is -0.661. The quantitative estimate of drug-likeness (QED) is 0.568. The van der Waals surface area contributed by atoms with Gasteiger partial charge in [0.1, 0.15) is 0 Å². The molecule has 2 aromatic heterocycles. The predicted octanol–water partition coefficient (Wildman–Crippen LogP) is 2.70. The monoisotopic (exact) mass is 366 g/mol. The average Bonchev–Trinajstić information content (AvgIpc) is 3.00. The van der Waals surface area contributed by atoms with Crippen molar-refractivity contribution in [2.75, 3.05) is 6.26 Å². The minimum Gasteiger partial charge on any atom is -0.306 e. The first kappa shape index (κ1) is 16.2. The number of carbonyl (C=O) groups excluding carboxylic acids is 1. The van der Waals surface area contributed by atoms with Crippen LogP contribution in [0.25, 0.3) is 21.9 Å². The van der Waals surface area contributed by atoms with Crippen LogP contribution in [0.15, 0.2) is 68.8 Å². The number of nitrogens with one attached hydrogen (secondary N) is 2. The van der Waals surface area contributed by atoms with E-state index in [1.807, 2.05) is 12.1 Å². The van der Waals surface area contributed by atoms with Gasteiger partial charge in [0, 0.05) is 17.8 Å². The maximum Gasteiger partial charge on any atom is 0.323 e. The lowest BCUT2D eigenvalue weighted by Gasteiger charge is -2.07. The van der Waals surface area contributed by atoms with Gasteiger partial charge in [-0.2, -0.15) is 4.36 Å². The number of benzene rings is 2. The molecule has 4 aromatic rings. The molecule has 2 N–H and O–H groups in total. The number of hydrogen-bond donors (Lipinski definition) is 2. The summed E-state index contributed by atoms with van der Waals surface area (Å²) in [6.07, 6.45) is 3.02. The Morgan fingerprint density at radius 2 is 1.85 bits per heavy atom. The van der Waals surface area contributed by atoms with Crippen molar-refractivity contribution in [3.8, 4) is 0 Å². The van der Waals surface area contributed by atoms with Crippen molar-refractivity contribution in [2.24, 2.45) is 4.36 Å². The van der Waals surface area contributed by atoms with Crippen molar-refractivity contribution in [3.05, 3.63) is 70.8 Å². The van der Waals surface area contributed by atoms with Gasteiger partial charge in [-0.1, -0.05) is 24.3 Å². The Labute approximate surface area is 148 Å². The van der Waals surface area contributed by atoms with E-state index in [0.717, 1.165) is 5.39 Å². The number of fused-ring (bicyclic) bond motifs is 2. The smallest absolute Gasteiger partial charge is 0.306 e. The number of aromatic nitrogens is 3. The molecule has 0 aliphatic carbocycles. The molecule has 7 nitrogen and oxygen atoms in total. The van der Waals surface area contributed by atoms with Gasteiger partial charge in [-0.3, -0.25) is 9.78 Å². The number of carbonyl (C=O) groups is 1. The summed E-state index contributed by atoms with van der Waals surface area (Å²) in [4.78, 5) is 34.0. The van der Waals surface area contributed by atoms with Crippen molar-refractivity contribution in [2.45, 2.75) is 4.90 Å². The molecule has 2 aromatic carbocycles. The second kappa shape index (κ2) is 5.92. The molecule has 0 saturated carbocycles. The van der Waals surface area contributed by atoms with E-state index in [2.05, 4.69) is 19.3 Å². The van der Waals surface area contributed by atoms with Crippen LogP contribution < -0.4 is 5.69 Å². The highest BCUT2D eigenvalue weighted by Gasteiger charge is 2.17. The summed E-state index contributed by atoms with van der Waals surface area (Å²) in [7, 11) is -3.04. The molecule has 26 heavy (non-hydrogen) atoms. The van der Waals surface area contributed by atoms with Crippen molar-refractivity contribution in [3.63, 3.8) is 0 Å². The molecule has 1 atom stereocenters. The van der Waals surface area contributed by atoms with Crippen LogP contribution in [0.3, 0.4) is 0 Å². The first-order valence-corrected chi connectivity index (χ1v) is 9.69. The molecule has 2 heterocycles. The highest BCUT2D eigenvalue weighted by atomic mass is 32.2. The van der Waals surface area contributed by atoms with Gasteiger partial charge < -0.3 is 9.97 Å². The molecule has 0 saturated heterocycles. The Bertz CT molecular complexity index is 1340. The molecule has 8 heteroatoms. The van der Waals surface area contributed by atoms with Crippen LogP contribution >= 0.6 is 0 Å². The number of hydrogen-bond acceptors (Lipinski definition) is 4. The fourth-order valence-corrected chi connectivity index (χ4v) is 4.25. The number of H-pyrrole nitrogens is 2. The van der Waals surface area contributed by atoms with Crippen LogP contribution in [0.4, 0.5) is 0 Å². The molecule has 1 amide bonds. The summed E-state index contributed by atoms with van der Waals surface area (Å²) < 4.78 is 17.2. The Morgan fingerprint density at radius 3 is 2.69 bits per heavy atom. The van der Waals surface area contributed by atoms with Gasteiger partial charge in [0.25, 0.3) is 5.91 Å². The standard InChI is InChI=1S/C18H14N4O3S/c1-26(25,14-9-2-5-11-6-4-10-19-15(11)14)22-17(23)12-7-3-8-13-16(12)21-18(24)20-13/h2-10H,1H3,(H2,20,21,24). The molecule has 0 aliphatic rings. The highest BCUT2D eigenvalue weighted by Crippen LogP contribution is 2.23. The normalized spacial score (nSPS) is 13.6. The number of amides is 1. The van der Waals surface area contributed by atoms with E-state index in [1.54, 1.807) is 36.5 Å². The first-order chi connectivity index (χ1) is 12.5. The second-order valence-electron chi connectivity index (χ2n) is 5.84. The van der Waals surface area contributed by atoms with Gasteiger partial charge in [0.2, 0.25) is 0 Å². The maximum absolute atomic E-state index is 13.2. The average molecular weight is 366 g/mol. The molecular weight excluding hydrogens is 352 g/mol. The van der Waals surface area contributed by atoms with Crippen LogP contribution in [0.1, 0.15) is 10.4 Å². The van der Waals surface area contributed by atoms with Gasteiger partial charge in [-0.05, 0) is 24.3 Å². The molecule has 4 rings (SSSR count). The molecule has 1 unspecified atom stereocenters. The summed E-state index contributed by atoms with van der Waals surface area (Å²) in [5, 5.41) is 0.819. The second-order valence-corrected chi connectivity index (χ2v) is 8.06. The zero-order valence-corrected chi connectivity index (χ0v) is 14.5. The van der Waals surface area contributed by atoms with Gasteiger partial charge in [-0.25, -0.2) is 9.00 Å². The zero-order valence-electron chi connectivity index (χ0n) is 13.7. The molecule has 0 bridgehead atoms. The fraction of sp³-hybridized carbons (Fsp3) is 0.0556. The van der Waals surface area contributed by atoms with E-state index in [0.29, 0.717) is 21.4 Å². The van der Waals surface area contributed by atoms with Crippen molar-refractivity contribution in [1.82, 2.24) is 15.0 Å². The van der Waals surface area contributed by atoms with Gasteiger partial charge in [0.15, 0.2) is 0 Å². The first-order valence-electron chi connectivity index (χ1n) is 7.77. The van der Waals surface area contributed by atoms with E-state index in [9.17, 15) is 13.8 Å². The third-order valence-corrected chi connectivity index (χ3v) is 5.70. The zero-order chi connectivity index (χ0) is 18.3. The van der Waals surface area contributed by atoms with E-state index < -0.39 is 21.3 Å². The predicted molar refractivity (Wildman–Crippen MR) is 99.8 cm³/mol. The lowest BCUT2D eigenvalue weighted by molar-refractivity contribution is 0.101. The number of nitrogens with zero attached hydrogens (tertiary/aromatic N) is 2. The fourth-order valence-electron chi connectivity index (χ4n) is 2.87. The van der Waals surface area contributed by atoms with Crippen molar-refractivity contribution < 1.29 is 9.00 Å². The number of aromatic amines is 2. The van der Waals surface area contributed by atoms with Crippen LogP contribution in [-0.4, -0.2) is 31.3 Å². The molecule has 0 radical (unpaired) electrons. The molecule has 0 aliphatic heterocycles. The lowest BCUT2D eigenvalue weighted by atomic mass is 10.2. The topological polar surface area (TPSA) is 108 Å². The highest BCUT2D eigenvalue weighted by molar-refractivity contribution is 7.93. The van der Waals surface area contributed by atoms with Gasteiger partial charge >= 0.3 is 5.69 Å². The van der Waals surface area contributed by atoms with Crippen LogP contribution in [0.2, 0.25) is 0 Å². The summed E-state index contributed by atoms with van der Waals surface area (Å²) >= 11 is 0. The largest absolute Gasteiger partial charge is 0.323 e. The minimum absolute atomic E-state index is 0.184.